The van der Waals surface area contributed by atoms with Gasteiger partial charge in [-0.3, -0.25) is 9.59 Å². The van der Waals surface area contributed by atoms with Gasteiger partial charge in [-0.05, 0) is 54.5 Å². The maximum atomic E-state index is 13.7. The molecule has 0 saturated carbocycles. The van der Waals surface area contributed by atoms with Crippen LogP contribution in [-0.4, -0.2) is 54.5 Å². The van der Waals surface area contributed by atoms with Gasteiger partial charge in [-0.25, -0.2) is 0 Å². The summed E-state index contributed by atoms with van der Waals surface area (Å²) in [5.74, 6) is 1.22. The molecule has 2 heterocycles. The monoisotopic (exact) mass is 506 g/mol. The summed E-state index contributed by atoms with van der Waals surface area (Å²) >= 11 is 1.72. The van der Waals surface area contributed by atoms with Gasteiger partial charge < -0.3 is 19.3 Å². The van der Waals surface area contributed by atoms with E-state index < -0.39 is 0 Å². The Labute approximate surface area is 217 Å². The molecule has 0 fully saturated rings. The summed E-state index contributed by atoms with van der Waals surface area (Å²) < 4.78 is 11.6. The SMILES string of the molecule is CC[C@@H](C)N(CC(=O)N1CCc2sccc2[C@H]1COc1ccccc1OC)C(=O)Cc1ccccc1. The Morgan fingerprint density at radius 2 is 1.81 bits per heavy atom. The number of para-hydroxylation sites is 2. The summed E-state index contributed by atoms with van der Waals surface area (Å²) in [7, 11) is 1.62. The molecule has 7 heteroatoms. The van der Waals surface area contributed by atoms with Crippen LogP contribution in [0.4, 0.5) is 0 Å². The molecule has 0 bridgehead atoms. The first kappa shape index (κ1) is 25.8. The number of methoxy groups -OCH3 is 1. The van der Waals surface area contributed by atoms with Crippen molar-refractivity contribution in [1.29, 1.82) is 0 Å². The number of nitrogens with zero attached hydrogens (tertiary/aromatic N) is 2. The van der Waals surface area contributed by atoms with Gasteiger partial charge in [0.2, 0.25) is 11.8 Å². The molecular weight excluding hydrogens is 472 g/mol. The zero-order valence-electron chi connectivity index (χ0n) is 21.2. The number of carbonyl (C=O) groups is 2. The highest BCUT2D eigenvalue weighted by Gasteiger charge is 2.34. The summed E-state index contributed by atoms with van der Waals surface area (Å²) in [4.78, 5) is 31.9. The van der Waals surface area contributed by atoms with Crippen molar-refractivity contribution in [3.05, 3.63) is 82.0 Å². The van der Waals surface area contributed by atoms with E-state index in [1.54, 1.807) is 23.3 Å². The molecule has 2 amide bonds. The van der Waals surface area contributed by atoms with E-state index in [9.17, 15) is 9.59 Å². The van der Waals surface area contributed by atoms with Crippen molar-refractivity contribution in [2.24, 2.45) is 0 Å². The van der Waals surface area contributed by atoms with Gasteiger partial charge in [-0.15, -0.1) is 11.3 Å². The van der Waals surface area contributed by atoms with Crippen molar-refractivity contribution >= 4 is 23.2 Å². The molecule has 1 aliphatic heterocycles. The Morgan fingerprint density at radius 1 is 1.08 bits per heavy atom. The number of ether oxygens (including phenoxy) is 2. The molecule has 0 aliphatic carbocycles. The summed E-state index contributed by atoms with van der Waals surface area (Å²) in [6, 6.07) is 19.1. The van der Waals surface area contributed by atoms with Crippen LogP contribution in [-0.2, 0) is 22.4 Å². The molecule has 1 aliphatic rings. The molecule has 3 aromatic rings. The Bertz CT molecular complexity index is 1160. The molecule has 0 unspecified atom stereocenters. The quantitative estimate of drug-likeness (QED) is 0.383. The Morgan fingerprint density at radius 3 is 2.53 bits per heavy atom. The van der Waals surface area contributed by atoms with Crippen LogP contribution in [0.3, 0.4) is 0 Å². The molecule has 0 N–H and O–H groups in total. The molecule has 190 valence electrons. The Balaban J connectivity index is 1.52. The number of hydrogen-bond acceptors (Lipinski definition) is 5. The van der Waals surface area contributed by atoms with E-state index in [-0.39, 0.29) is 36.9 Å². The van der Waals surface area contributed by atoms with E-state index >= 15 is 0 Å². The Kier molecular flexibility index (Phi) is 8.65. The standard InChI is InChI=1S/C29H34N2O4S/c1-4-21(2)31(28(32)18-22-10-6-5-7-11-22)19-29(33)30-16-14-27-23(15-17-36-27)24(30)20-35-26-13-9-8-12-25(26)34-3/h5-13,15,17,21,24H,4,14,16,18-20H2,1-3H3/t21-,24-/m1/s1. The normalized spacial score (nSPS) is 15.6. The van der Waals surface area contributed by atoms with Gasteiger partial charge >= 0.3 is 0 Å². The highest BCUT2D eigenvalue weighted by Crippen LogP contribution is 2.35. The number of carbonyl (C=O) groups excluding carboxylic acids is 2. The molecule has 0 spiro atoms. The number of thiophene rings is 1. The molecular formula is C29H34N2O4S. The first-order valence-corrected chi connectivity index (χ1v) is 13.3. The van der Waals surface area contributed by atoms with Crippen LogP contribution in [0, 0.1) is 0 Å². The van der Waals surface area contributed by atoms with Gasteiger partial charge in [0.15, 0.2) is 11.5 Å². The molecule has 2 aromatic carbocycles. The molecule has 6 nitrogen and oxygen atoms in total. The summed E-state index contributed by atoms with van der Waals surface area (Å²) in [6.45, 7) is 5.03. The highest BCUT2D eigenvalue weighted by molar-refractivity contribution is 7.10. The maximum absolute atomic E-state index is 13.7. The fourth-order valence-corrected chi connectivity index (χ4v) is 5.53. The lowest BCUT2D eigenvalue weighted by Crippen LogP contribution is -2.50. The van der Waals surface area contributed by atoms with Gasteiger partial charge in [0.05, 0.1) is 19.6 Å². The number of rotatable bonds is 10. The molecule has 36 heavy (non-hydrogen) atoms. The lowest BCUT2D eigenvalue weighted by molar-refractivity contribution is -0.144. The van der Waals surface area contributed by atoms with Crippen LogP contribution >= 0.6 is 11.3 Å². The number of benzene rings is 2. The second kappa shape index (κ2) is 12.1. The predicted octanol–water partition coefficient (Wildman–Crippen LogP) is 5.13. The van der Waals surface area contributed by atoms with Crippen LogP contribution in [0.25, 0.3) is 0 Å². The molecule has 2 atom stereocenters. The lowest BCUT2D eigenvalue weighted by Gasteiger charge is -2.38. The van der Waals surface area contributed by atoms with E-state index in [1.165, 1.54) is 4.88 Å². The van der Waals surface area contributed by atoms with Crippen LogP contribution in [0.5, 0.6) is 11.5 Å². The maximum Gasteiger partial charge on any atom is 0.242 e. The van der Waals surface area contributed by atoms with Gasteiger partial charge in [0.1, 0.15) is 13.2 Å². The van der Waals surface area contributed by atoms with Gasteiger partial charge in [0, 0.05) is 17.5 Å². The summed E-state index contributed by atoms with van der Waals surface area (Å²) in [5.41, 5.74) is 2.08. The smallest absolute Gasteiger partial charge is 0.242 e. The van der Waals surface area contributed by atoms with Gasteiger partial charge in [-0.2, -0.15) is 0 Å². The van der Waals surface area contributed by atoms with E-state index in [2.05, 4.69) is 11.4 Å². The van der Waals surface area contributed by atoms with Crippen molar-refractivity contribution in [3.8, 4) is 11.5 Å². The third kappa shape index (κ3) is 5.90. The largest absolute Gasteiger partial charge is 0.493 e. The van der Waals surface area contributed by atoms with Crippen LogP contribution < -0.4 is 9.47 Å². The van der Waals surface area contributed by atoms with Crippen molar-refractivity contribution in [2.75, 3.05) is 26.8 Å². The fourth-order valence-electron chi connectivity index (χ4n) is 4.60. The van der Waals surface area contributed by atoms with E-state index in [0.29, 0.717) is 24.7 Å². The lowest BCUT2D eigenvalue weighted by atomic mass is 10.00. The minimum Gasteiger partial charge on any atom is -0.493 e. The first-order valence-electron chi connectivity index (χ1n) is 12.5. The number of hydrogen-bond donors (Lipinski definition) is 0. The van der Waals surface area contributed by atoms with Crippen molar-refractivity contribution < 1.29 is 19.1 Å². The molecule has 4 rings (SSSR count). The zero-order valence-corrected chi connectivity index (χ0v) is 22.0. The van der Waals surface area contributed by atoms with Crippen molar-refractivity contribution in [3.63, 3.8) is 0 Å². The minimum atomic E-state index is -0.222. The second-order valence-corrected chi connectivity index (χ2v) is 10.1. The molecule has 0 saturated heterocycles. The van der Waals surface area contributed by atoms with Gasteiger partial charge in [0.25, 0.3) is 0 Å². The third-order valence-electron chi connectivity index (χ3n) is 6.83. The second-order valence-electron chi connectivity index (χ2n) is 9.06. The topological polar surface area (TPSA) is 59.1 Å². The predicted molar refractivity (Wildman–Crippen MR) is 143 cm³/mol. The number of amides is 2. The van der Waals surface area contributed by atoms with E-state index in [0.717, 1.165) is 24.0 Å². The van der Waals surface area contributed by atoms with E-state index in [1.807, 2.05) is 73.3 Å². The fraction of sp³-hybridized carbons (Fsp3) is 0.379. The van der Waals surface area contributed by atoms with Crippen LogP contribution in [0.2, 0.25) is 0 Å². The zero-order chi connectivity index (χ0) is 25.5. The Hall–Kier alpha value is -3.32. The highest BCUT2D eigenvalue weighted by atomic mass is 32.1. The van der Waals surface area contributed by atoms with Crippen molar-refractivity contribution in [1.82, 2.24) is 9.80 Å². The number of fused-ring (bicyclic) bond motifs is 1. The molecule has 1 aromatic heterocycles. The van der Waals surface area contributed by atoms with E-state index in [4.69, 9.17) is 9.47 Å². The summed E-state index contributed by atoms with van der Waals surface area (Å²) in [5, 5.41) is 2.07. The first-order chi connectivity index (χ1) is 17.5. The minimum absolute atomic E-state index is 0.0287. The molecule has 0 radical (unpaired) electrons. The van der Waals surface area contributed by atoms with Crippen LogP contribution in [0.15, 0.2) is 66.0 Å². The van der Waals surface area contributed by atoms with Gasteiger partial charge in [-0.1, -0.05) is 49.4 Å². The summed E-state index contributed by atoms with van der Waals surface area (Å²) in [6.07, 6.45) is 1.88. The average molecular weight is 507 g/mol. The average Bonchev–Trinajstić information content (AvgIpc) is 3.39. The van der Waals surface area contributed by atoms with Crippen molar-refractivity contribution in [2.45, 2.75) is 45.2 Å². The third-order valence-corrected chi connectivity index (χ3v) is 7.82. The van der Waals surface area contributed by atoms with Crippen LogP contribution in [0.1, 0.15) is 42.3 Å².